The van der Waals surface area contributed by atoms with E-state index < -0.39 is 5.82 Å². The minimum atomic E-state index is -0.466. The van der Waals surface area contributed by atoms with Crippen LogP contribution in [0.4, 0.5) is 4.39 Å². The average Bonchev–Trinajstić information content (AvgIpc) is 2.23. The van der Waals surface area contributed by atoms with Gasteiger partial charge in [0, 0.05) is 22.5 Å². The Balaban J connectivity index is 2.67. The minimum absolute atomic E-state index is 0.0917. The van der Waals surface area contributed by atoms with Crippen molar-refractivity contribution >= 4 is 39.0 Å². The van der Waals surface area contributed by atoms with Gasteiger partial charge in [-0.3, -0.25) is 4.79 Å². The highest BCUT2D eigenvalue weighted by Gasteiger charge is 2.11. The van der Waals surface area contributed by atoms with Crippen molar-refractivity contribution in [3.8, 4) is 0 Å². The Morgan fingerprint density at radius 2 is 2.24 bits per heavy atom. The molecule has 6 heteroatoms. The van der Waals surface area contributed by atoms with E-state index in [0.29, 0.717) is 16.0 Å². The van der Waals surface area contributed by atoms with E-state index >= 15 is 0 Å². The van der Waals surface area contributed by atoms with Gasteiger partial charge in [0.05, 0.1) is 4.99 Å². The lowest BCUT2D eigenvalue weighted by Crippen LogP contribution is -2.33. The van der Waals surface area contributed by atoms with Gasteiger partial charge in [-0.2, -0.15) is 0 Å². The van der Waals surface area contributed by atoms with Crippen molar-refractivity contribution in [1.29, 1.82) is 0 Å². The summed E-state index contributed by atoms with van der Waals surface area (Å²) >= 11 is 7.91. The van der Waals surface area contributed by atoms with Crippen LogP contribution in [0, 0.1) is 11.7 Å². The standard InChI is InChI=1S/C11H12BrFN2OS/c1-6(10(14)17)5-15-11(16)7-2-8(12)4-9(13)3-7/h2-4,6H,5H2,1H3,(H2,14,17)(H,15,16). The third-order valence-electron chi connectivity index (χ3n) is 2.18. The van der Waals surface area contributed by atoms with Gasteiger partial charge in [0.25, 0.3) is 5.91 Å². The van der Waals surface area contributed by atoms with Crippen molar-refractivity contribution in [3.05, 3.63) is 34.1 Å². The number of halogens is 2. The Morgan fingerprint density at radius 3 is 2.76 bits per heavy atom. The van der Waals surface area contributed by atoms with Crippen LogP contribution >= 0.6 is 28.1 Å². The predicted octanol–water partition coefficient (Wildman–Crippen LogP) is 2.24. The van der Waals surface area contributed by atoms with Crippen LogP contribution in [0.2, 0.25) is 0 Å². The monoisotopic (exact) mass is 318 g/mol. The first-order valence-corrected chi connectivity index (χ1v) is 6.14. The van der Waals surface area contributed by atoms with Crippen LogP contribution in [-0.4, -0.2) is 17.4 Å². The first-order chi connectivity index (χ1) is 7.90. The molecule has 1 aromatic carbocycles. The maximum absolute atomic E-state index is 13.1. The third kappa shape index (κ3) is 4.40. The van der Waals surface area contributed by atoms with Crippen molar-refractivity contribution in [2.45, 2.75) is 6.92 Å². The van der Waals surface area contributed by atoms with Crippen LogP contribution in [0.25, 0.3) is 0 Å². The summed E-state index contributed by atoms with van der Waals surface area (Å²) in [5, 5.41) is 2.64. The highest BCUT2D eigenvalue weighted by molar-refractivity contribution is 9.10. The van der Waals surface area contributed by atoms with Gasteiger partial charge >= 0.3 is 0 Å². The van der Waals surface area contributed by atoms with Gasteiger partial charge in [0.15, 0.2) is 0 Å². The Labute approximate surface area is 113 Å². The van der Waals surface area contributed by atoms with Gasteiger partial charge in [-0.15, -0.1) is 0 Å². The summed E-state index contributed by atoms with van der Waals surface area (Å²) in [5.74, 6) is -0.911. The second-order valence-corrected chi connectivity index (χ2v) is 5.06. The fourth-order valence-corrected chi connectivity index (χ4v) is 1.68. The first kappa shape index (κ1) is 14.1. The molecular formula is C11H12BrFN2OS. The number of amides is 1. The van der Waals surface area contributed by atoms with Crippen LogP contribution < -0.4 is 11.1 Å². The number of nitrogens with two attached hydrogens (primary N) is 1. The zero-order valence-electron chi connectivity index (χ0n) is 9.17. The maximum Gasteiger partial charge on any atom is 0.251 e. The van der Waals surface area contributed by atoms with Crippen LogP contribution in [0.3, 0.4) is 0 Å². The smallest absolute Gasteiger partial charge is 0.251 e. The van der Waals surface area contributed by atoms with E-state index in [2.05, 4.69) is 21.2 Å². The summed E-state index contributed by atoms with van der Waals surface area (Å²) in [6.45, 7) is 2.15. The molecule has 1 rings (SSSR count). The molecule has 1 aromatic rings. The van der Waals surface area contributed by atoms with E-state index in [0.717, 1.165) is 0 Å². The molecule has 1 unspecified atom stereocenters. The normalized spacial score (nSPS) is 11.9. The molecule has 0 aliphatic heterocycles. The van der Waals surface area contributed by atoms with Gasteiger partial charge in [-0.25, -0.2) is 4.39 Å². The van der Waals surface area contributed by atoms with E-state index in [1.807, 2.05) is 6.92 Å². The van der Waals surface area contributed by atoms with Crippen molar-refractivity contribution in [1.82, 2.24) is 5.32 Å². The largest absolute Gasteiger partial charge is 0.393 e. The summed E-state index contributed by atoms with van der Waals surface area (Å²) < 4.78 is 13.6. The van der Waals surface area contributed by atoms with Crippen molar-refractivity contribution < 1.29 is 9.18 Å². The molecule has 3 nitrogen and oxygen atoms in total. The molecule has 0 aliphatic rings. The van der Waals surface area contributed by atoms with Crippen molar-refractivity contribution in [2.24, 2.45) is 11.7 Å². The second kappa shape index (κ2) is 6.07. The molecule has 0 saturated heterocycles. The van der Waals surface area contributed by atoms with E-state index in [4.69, 9.17) is 18.0 Å². The topological polar surface area (TPSA) is 55.1 Å². The molecule has 0 saturated carbocycles. The molecule has 0 aromatic heterocycles. The van der Waals surface area contributed by atoms with Gasteiger partial charge in [-0.05, 0) is 18.2 Å². The molecule has 1 atom stereocenters. The zero-order valence-corrected chi connectivity index (χ0v) is 11.6. The van der Waals surface area contributed by atoms with E-state index in [1.165, 1.54) is 12.1 Å². The number of carbonyl (C=O) groups is 1. The number of carbonyl (C=O) groups excluding carboxylic acids is 1. The predicted molar refractivity (Wildman–Crippen MR) is 72.4 cm³/mol. The van der Waals surface area contributed by atoms with Crippen LogP contribution in [0.15, 0.2) is 22.7 Å². The SMILES string of the molecule is CC(CNC(=O)c1cc(F)cc(Br)c1)C(N)=S. The highest BCUT2D eigenvalue weighted by Crippen LogP contribution is 2.14. The molecule has 0 bridgehead atoms. The number of thiocarbonyl (C=S) groups is 1. The van der Waals surface area contributed by atoms with Crippen LogP contribution in [0.1, 0.15) is 17.3 Å². The summed E-state index contributed by atoms with van der Waals surface area (Å²) in [4.78, 5) is 12.0. The van der Waals surface area contributed by atoms with E-state index in [1.54, 1.807) is 6.07 Å². The molecule has 3 N–H and O–H groups in total. The number of hydrogen-bond acceptors (Lipinski definition) is 2. The molecular weight excluding hydrogens is 307 g/mol. The molecule has 0 aliphatic carbocycles. The fourth-order valence-electron chi connectivity index (χ4n) is 1.13. The Morgan fingerprint density at radius 1 is 1.59 bits per heavy atom. The Kier molecular flexibility index (Phi) is 5.02. The van der Waals surface area contributed by atoms with Gasteiger partial charge in [0.2, 0.25) is 0 Å². The quantitative estimate of drug-likeness (QED) is 0.837. The summed E-state index contributed by atoms with van der Waals surface area (Å²) in [7, 11) is 0. The van der Waals surface area contributed by atoms with E-state index in [9.17, 15) is 9.18 Å². The zero-order chi connectivity index (χ0) is 13.0. The molecule has 1 amide bonds. The Bertz CT molecular complexity index is 433. The molecule has 92 valence electrons. The lowest BCUT2D eigenvalue weighted by Gasteiger charge is -2.11. The molecule has 17 heavy (non-hydrogen) atoms. The van der Waals surface area contributed by atoms with Gasteiger partial charge in [-0.1, -0.05) is 35.1 Å². The van der Waals surface area contributed by atoms with E-state index in [-0.39, 0.29) is 17.4 Å². The van der Waals surface area contributed by atoms with Crippen LogP contribution in [0.5, 0.6) is 0 Å². The summed E-state index contributed by atoms with van der Waals surface area (Å²) in [6.07, 6.45) is 0. The van der Waals surface area contributed by atoms with Crippen molar-refractivity contribution in [2.75, 3.05) is 6.54 Å². The third-order valence-corrected chi connectivity index (χ3v) is 3.04. The number of benzene rings is 1. The lowest BCUT2D eigenvalue weighted by atomic mass is 10.1. The minimum Gasteiger partial charge on any atom is -0.393 e. The maximum atomic E-state index is 13.1. The molecule has 0 spiro atoms. The van der Waals surface area contributed by atoms with Gasteiger partial charge < -0.3 is 11.1 Å². The number of hydrogen-bond donors (Lipinski definition) is 2. The molecule has 0 heterocycles. The molecule has 0 radical (unpaired) electrons. The van der Waals surface area contributed by atoms with Crippen LogP contribution in [-0.2, 0) is 0 Å². The highest BCUT2D eigenvalue weighted by atomic mass is 79.9. The molecule has 0 fully saturated rings. The average molecular weight is 319 g/mol. The Hall–Kier alpha value is -1.01. The number of nitrogens with one attached hydrogen (secondary N) is 1. The second-order valence-electron chi connectivity index (χ2n) is 3.67. The van der Waals surface area contributed by atoms with Crippen molar-refractivity contribution in [3.63, 3.8) is 0 Å². The number of rotatable bonds is 4. The van der Waals surface area contributed by atoms with Gasteiger partial charge in [0.1, 0.15) is 5.82 Å². The summed E-state index contributed by atoms with van der Waals surface area (Å²) in [6, 6.07) is 4.00. The fraction of sp³-hybridized carbons (Fsp3) is 0.273. The first-order valence-electron chi connectivity index (χ1n) is 4.93. The summed E-state index contributed by atoms with van der Waals surface area (Å²) in [5.41, 5.74) is 5.68. The lowest BCUT2D eigenvalue weighted by molar-refractivity contribution is 0.0951.